The second-order valence-corrected chi connectivity index (χ2v) is 13.0. The van der Waals surface area contributed by atoms with Crippen LogP contribution in [-0.2, 0) is 26.6 Å². The first-order valence-corrected chi connectivity index (χ1v) is 15.7. The van der Waals surface area contributed by atoms with E-state index in [2.05, 4.69) is 0 Å². The van der Waals surface area contributed by atoms with E-state index >= 15 is 0 Å². The number of carbonyl (C=O) groups is 2. The van der Waals surface area contributed by atoms with Gasteiger partial charge in [0.25, 0.3) is 0 Å². The number of allylic oxidation sites excluding steroid dienone is 2. The minimum Gasteiger partial charge on any atom is -0.508 e. The van der Waals surface area contributed by atoms with E-state index in [1.807, 2.05) is 26.8 Å². The molecule has 2 amide bonds. The summed E-state index contributed by atoms with van der Waals surface area (Å²) in [6.45, 7) is 5.75. The van der Waals surface area contributed by atoms with Crippen molar-refractivity contribution in [3.63, 3.8) is 0 Å². The number of nitrogens with zero attached hydrogens (tertiary/aromatic N) is 1. The van der Waals surface area contributed by atoms with Gasteiger partial charge >= 0.3 is 19.5 Å². The van der Waals surface area contributed by atoms with Crippen molar-refractivity contribution in [3.05, 3.63) is 74.8 Å². The Morgan fingerprint density at radius 1 is 1.04 bits per heavy atom. The highest BCUT2D eigenvalue weighted by atomic mass is 35.5. The van der Waals surface area contributed by atoms with Crippen LogP contribution in [0.25, 0.3) is 6.08 Å². The van der Waals surface area contributed by atoms with Gasteiger partial charge in [0, 0.05) is 0 Å². The van der Waals surface area contributed by atoms with Gasteiger partial charge in [0.15, 0.2) is 0 Å². The number of halogens is 7. The molecular weight excluding hydrogens is 651 g/mol. The van der Waals surface area contributed by atoms with E-state index < -0.39 is 72.0 Å². The fraction of sp³-hybridized carbons (Fsp3) is 0.455. The highest BCUT2D eigenvalue weighted by Gasteiger charge is 2.58. The zero-order chi connectivity index (χ0) is 34.6. The van der Waals surface area contributed by atoms with Crippen LogP contribution in [0.4, 0.5) is 32.0 Å². The molecular formula is C33H33BClF6NO5. The number of benzene rings is 2. The molecule has 0 radical (unpaired) electrons. The van der Waals surface area contributed by atoms with Crippen molar-refractivity contribution in [3.8, 4) is 5.75 Å². The maximum Gasteiger partial charge on any atom is 0.455 e. The quantitative estimate of drug-likeness (QED) is 0.133. The molecule has 0 saturated carbocycles. The van der Waals surface area contributed by atoms with Crippen LogP contribution in [0.15, 0.2) is 53.1 Å². The average molecular weight is 684 g/mol. The van der Waals surface area contributed by atoms with Crippen LogP contribution in [0.2, 0.25) is 11.3 Å². The number of alkyl halides is 6. The number of phenols is 1. The molecule has 2 aromatic rings. The van der Waals surface area contributed by atoms with Crippen LogP contribution < -0.4 is 4.90 Å². The van der Waals surface area contributed by atoms with Crippen LogP contribution in [0.5, 0.6) is 5.75 Å². The summed E-state index contributed by atoms with van der Waals surface area (Å²) in [4.78, 5) is 28.1. The van der Waals surface area contributed by atoms with E-state index in [4.69, 9.17) is 16.3 Å². The molecule has 252 valence electrons. The molecule has 2 fully saturated rings. The lowest BCUT2D eigenvalue weighted by atomic mass is 9.57. The molecule has 5 rings (SSSR count). The van der Waals surface area contributed by atoms with E-state index in [9.17, 15) is 46.1 Å². The van der Waals surface area contributed by atoms with Gasteiger partial charge < -0.3 is 14.8 Å². The summed E-state index contributed by atoms with van der Waals surface area (Å²) in [7, 11) is -1.32. The van der Waals surface area contributed by atoms with Crippen molar-refractivity contribution in [1.82, 2.24) is 0 Å². The van der Waals surface area contributed by atoms with Crippen molar-refractivity contribution >= 4 is 42.3 Å². The number of hydrogen-bond acceptors (Lipinski definition) is 5. The van der Waals surface area contributed by atoms with Crippen LogP contribution in [-0.4, -0.2) is 35.2 Å². The van der Waals surface area contributed by atoms with Gasteiger partial charge in [0.05, 0.1) is 39.8 Å². The molecule has 0 spiro atoms. The highest BCUT2D eigenvalue weighted by molar-refractivity contribution is 6.43. The van der Waals surface area contributed by atoms with Crippen LogP contribution in [0.3, 0.4) is 0 Å². The fourth-order valence-electron chi connectivity index (χ4n) is 7.09. The van der Waals surface area contributed by atoms with E-state index in [1.165, 1.54) is 12.1 Å². The average Bonchev–Trinajstić information content (AvgIpc) is 3.23. The van der Waals surface area contributed by atoms with E-state index in [-0.39, 0.29) is 30.5 Å². The van der Waals surface area contributed by atoms with Gasteiger partial charge in [-0.3, -0.25) is 9.59 Å². The monoisotopic (exact) mass is 683 g/mol. The molecule has 3 aliphatic rings. The van der Waals surface area contributed by atoms with Crippen molar-refractivity contribution in [2.24, 2.45) is 23.7 Å². The van der Waals surface area contributed by atoms with Gasteiger partial charge in [-0.05, 0) is 91.4 Å². The summed E-state index contributed by atoms with van der Waals surface area (Å²) in [6.07, 6.45) is -7.53. The molecule has 0 bridgehead atoms. The molecule has 47 heavy (non-hydrogen) atoms. The maximum absolute atomic E-state index is 13.9. The molecule has 1 aliphatic carbocycles. The molecule has 2 N–H and O–H groups in total. The van der Waals surface area contributed by atoms with Crippen molar-refractivity contribution < 1.29 is 50.7 Å². The summed E-state index contributed by atoms with van der Waals surface area (Å²) >= 11 is 6.29. The number of rotatable bonds is 7. The Bertz CT molecular complexity index is 1610. The Balaban J connectivity index is 1.50. The molecule has 6 nitrogen and oxygen atoms in total. The SMILES string of the molecule is CC/C(=C\c1ccc(O)cc1Cl)CC[C@H]1OB(O)C[C@H]2C1=C(C(C)C)C[C@H]1C(=O)N(c3cc(C(F)(F)F)cc(C(F)(F)F)c3)C(=O)[C@H]12. The lowest BCUT2D eigenvalue weighted by molar-refractivity contribution is -0.143. The number of aromatic hydroxyl groups is 1. The first-order chi connectivity index (χ1) is 21.9. The Labute approximate surface area is 273 Å². The maximum atomic E-state index is 13.9. The number of fused-ring (bicyclic) bond motifs is 3. The van der Waals surface area contributed by atoms with Crippen molar-refractivity contribution in [1.29, 1.82) is 0 Å². The van der Waals surface area contributed by atoms with Crippen LogP contribution in [0, 0.1) is 23.7 Å². The fourth-order valence-corrected chi connectivity index (χ4v) is 7.32. The van der Waals surface area contributed by atoms with Gasteiger partial charge in [-0.2, -0.15) is 26.3 Å². The van der Waals surface area contributed by atoms with Gasteiger partial charge in [0.1, 0.15) is 5.75 Å². The first-order valence-electron chi connectivity index (χ1n) is 15.3. The summed E-state index contributed by atoms with van der Waals surface area (Å²) < 4.78 is 87.9. The molecule has 0 unspecified atom stereocenters. The van der Waals surface area contributed by atoms with Crippen molar-refractivity contribution in [2.75, 3.05) is 4.90 Å². The third kappa shape index (κ3) is 6.98. The molecule has 2 aromatic carbocycles. The molecule has 2 saturated heterocycles. The van der Waals surface area contributed by atoms with E-state index in [0.717, 1.165) is 16.7 Å². The Morgan fingerprint density at radius 3 is 2.23 bits per heavy atom. The smallest absolute Gasteiger partial charge is 0.455 e. The summed E-state index contributed by atoms with van der Waals surface area (Å²) in [5, 5.41) is 20.9. The third-order valence-electron chi connectivity index (χ3n) is 9.30. The number of carbonyl (C=O) groups excluding carboxylic acids is 2. The predicted molar refractivity (Wildman–Crippen MR) is 164 cm³/mol. The predicted octanol–water partition coefficient (Wildman–Crippen LogP) is 8.31. The van der Waals surface area contributed by atoms with Crippen molar-refractivity contribution in [2.45, 2.75) is 71.2 Å². The number of anilines is 1. The molecule has 2 heterocycles. The Hall–Kier alpha value is -3.29. The zero-order valence-electron chi connectivity index (χ0n) is 25.8. The number of amides is 2. The van der Waals surface area contributed by atoms with Gasteiger partial charge in [0.2, 0.25) is 11.8 Å². The van der Waals surface area contributed by atoms with Gasteiger partial charge in [-0.15, -0.1) is 0 Å². The van der Waals surface area contributed by atoms with E-state index in [0.29, 0.717) is 46.9 Å². The highest BCUT2D eigenvalue weighted by Crippen LogP contribution is 2.53. The van der Waals surface area contributed by atoms with Gasteiger partial charge in [-0.1, -0.05) is 49.6 Å². The minimum absolute atomic E-state index is 0.0249. The lowest BCUT2D eigenvalue weighted by Crippen LogP contribution is -2.46. The normalized spacial score (nSPS) is 24.0. The van der Waals surface area contributed by atoms with Crippen LogP contribution in [0.1, 0.15) is 63.1 Å². The standard InChI is InChI=1S/C33H33BClF6NO5/c1-4-17(9-18-6-7-22(43)13-26(18)35)5-8-27-28-23(16(2)3)14-24-29(25(28)15-34(46)47-27)31(45)42(30(24)44)21-11-19(32(36,37)38)10-20(12-21)33(39,40)41/h6-7,9-13,16,24-25,27,29,43,46H,4-5,8,14-15H2,1-3H3/b17-9+/t24-,25+,27-,29-/m1/s1. The van der Waals surface area contributed by atoms with Crippen LogP contribution >= 0.6 is 11.6 Å². The number of hydrogen-bond donors (Lipinski definition) is 2. The first kappa shape index (κ1) is 35.0. The molecule has 14 heteroatoms. The molecule has 0 aromatic heterocycles. The topological polar surface area (TPSA) is 87.1 Å². The van der Waals surface area contributed by atoms with Gasteiger partial charge in [-0.25, -0.2) is 4.90 Å². The summed E-state index contributed by atoms with van der Waals surface area (Å²) in [6, 6.07) is 5.35. The Kier molecular flexibility index (Phi) is 9.66. The largest absolute Gasteiger partial charge is 0.508 e. The Morgan fingerprint density at radius 2 is 1.68 bits per heavy atom. The second-order valence-electron chi connectivity index (χ2n) is 12.6. The van der Waals surface area contributed by atoms with E-state index in [1.54, 1.807) is 6.07 Å². The molecule has 4 atom stereocenters. The number of phenolic OH excluding ortho intramolecular Hbond substituents is 1. The zero-order valence-corrected chi connectivity index (χ0v) is 26.5. The third-order valence-corrected chi connectivity index (χ3v) is 9.62. The lowest BCUT2D eigenvalue weighted by Gasteiger charge is -2.44. The minimum atomic E-state index is -5.16. The summed E-state index contributed by atoms with van der Waals surface area (Å²) in [5.74, 6) is -4.71. The second kappa shape index (κ2) is 13.0. The summed E-state index contributed by atoms with van der Waals surface area (Å²) in [5.41, 5.74) is -0.804. The molecule has 2 aliphatic heterocycles. The number of imide groups is 1.